The predicted octanol–water partition coefficient (Wildman–Crippen LogP) is 1.65. The van der Waals surface area contributed by atoms with Gasteiger partial charge in [0.2, 0.25) is 5.91 Å². The van der Waals surface area contributed by atoms with Crippen LogP contribution in [0.3, 0.4) is 0 Å². The monoisotopic (exact) mass is 395 g/mol. The number of nitrogens with zero attached hydrogens (tertiary/aromatic N) is 5. The molecule has 2 aromatic rings. The fraction of sp³-hybridized carbons (Fsp3) is 0.500. The molecular formula is C22H29N5O2. The third-order valence-electron chi connectivity index (χ3n) is 6.08. The zero-order valence-corrected chi connectivity index (χ0v) is 17.3. The zero-order chi connectivity index (χ0) is 20.4. The van der Waals surface area contributed by atoms with Gasteiger partial charge >= 0.3 is 0 Å². The van der Waals surface area contributed by atoms with Gasteiger partial charge in [-0.2, -0.15) is 5.10 Å². The van der Waals surface area contributed by atoms with E-state index in [9.17, 15) is 9.59 Å². The molecule has 0 bridgehead atoms. The van der Waals surface area contributed by atoms with Crippen molar-refractivity contribution in [3.8, 4) is 0 Å². The maximum atomic E-state index is 13.1. The van der Waals surface area contributed by atoms with Crippen LogP contribution in [0.4, 0.5) is 11.4 Å². The molecule has 0 N–H and O–H groups in total. The van der Waals surface area contributed by atoms with Crippen LogP contribution in [0.5, 0.6) is 0 Å². The summed E-state index contributed by atoms with van der Waals surface area (Å²) in [5.74, 6) is 0.230. The molecule has 4 rings (SSSR count). The van der Waals surface area contributed by atoms with Gasteiger partial charge in [-0.25, -0.2) is 4.68 Å². The van der Waals surface area contributed by atoms with E-state index in [-0.39, 0.29) is 17.4 Å². The summed E-state index contributed by atoms with van der Waals surface area (Å²) in [6.07, 6.45) is 3.58. The molecule has 7 nitrogen and oxygen atoms in total. The lowest BCUT2D eigenvalue weighted by Crippen LogP contribution is -2.52. The van der Waals surface area contributed by atoms with Crippen molar-refractivity contribution in [3.63, 3.8) is 0 Å². The first-order valence-electron chi connectivity index (χ1n) is 10.4. The fourth-order valence-electron chi connectivity index (χ4n) is 4.24. The first-order chi connectivity index (χ1) is 14.0. The van der Waals surface area contributed by atoms with Gasteiger partial charge in [0, 0.05) is 58.1 Å². The van der Waals surface area contributed by atoms with Crippen molar-refractivity contribution in [3.05, 3.63) is 52.4 Å². The van der Waals surface area contributed by atoms with E-state index in [0.717, 1.165) is 51.3 Å². The van der Waals surface area contributed by atoms with E-state index in [1.165, 1.54) is 15.9 Å². The van der Waals surface area contributed by atoms with Crippen molar-refractivity contribution in [1.29, 1.82) is 0 Å². The molecule has 2 aliphatic heterocycles. The van der Waals surface area contributed by atoms with Crippen LogP contribution in [-0.4, -0.2) is 59.9 Å². The maximum absolute atomic E-state index is 13.1. The van der Waals surface area contributed by atoms with Crippen LogP contribution in [0.2, 0.25) is 0 Å². The quantitative estimate of drug-likeness (QED) is 0.791. The molecule has 0 aliphatic carbocycles. The van der Waals surface area contributed by atoms with E-state index in [1.54, 1.807) is 19.3 Å². The van der Waals surface area contributed by atoms with Crippen molar-refractivity contribution in [2.45, 2.75) is 19.8 Å². The summed E-state index contributed by atoms with van der Waals surface area (Å²) in [6, 6.07) is 10.2. The Morgan fingerprint density at radius 2 is 1.72 bits per heavy atom. The minimum Gasteiger partial charge on any atom is -0.369 e. The average molecular weight is 396 g/mol. The van der Waals surface area contributed by atoms with Crippen molar-refractivity contribution in [2.75, 3.05) is 49.1 Å². The van der Waals surface area contributed by atoms with Gasteiger partial charge in [0.25, 0.3) is 5.56 Å². The number of anilines is 2. The lowest BCUT2D eigenvalue weighted by Gasteiger charge is -2.40. The SMILES string of the molecule is Cc1ccc(N2CCN(C(=O)C3CCCN(c4cnn(C)c(=O)c4)C3)CC2)cc1. The van der Waals surface area contributed by atoms with Crippen LogP contribution in [-0.2, 0) is 11.8 Å². The molecule has 29 heavy (non-hydrogen) atoms. The molecule has 2 fully saturated rings. The second-order valence-corrected chi connectivity index (χ2v) is 8.11. The maximum Gasteiger partial charge on any atom is 0.268 e. The Bertz CT molecular complexity index is 916. The van der Waals surface area contributed by atoms with E-state index in [2.05, 4.69) is 46.1 Å². The third kappa shape index (κ3) is 4.28. The standard InChI is InChI=1S/C22H29N5O2/c1-17-5-7-19(8-6-17)25-10-12-26(13-11-25)22(29)18-4-3-9-27(16-18)20-14-21(28)24(2)23-15-20/h5-8,14-15,18H,3-4,9-13,16H2,1-2H3. The number of carbonyl (C=O) groups excluding carboxylic acids is 1. The summed E-state index contributed by atoms with van der Waals surface area (Å²) in [6.45, 7) is 6.87. The Labute approximate surface area is 171 Å². The fourth-order valence-corrected chi connectivity index (χ4v) is 4.24. The second-order valence-electron chi connectivity index (χ2n) is 8.11. The number of rotatable bonds is 3. The Balaban J connectivity index is 1.36. The van der Waals surface area contributed by atoms with Gasteiger partial charge in [-0.3, -0.25) is 9.59 Å². The molecule has 154 valence electrons. The number of benzene rings is 1. The molecule has 1 amide bonds. The van der Waals surface area contributed by atoms with Crippen LogP contribution in [0.25, 0.3) is 0 Å². The largest absolute Gasteiger partial charge is 0.369 e. The highest BCUT2D eigenvalue weighted by Crippen LogP contribution is 2.24. The Kier molecular flexibility index (Phi) is 5.56. The first kappa shape index (κ1) is 19.5. The van der Waals surface area contributed by atoms with Crippen molar-refractivity contribution >= 4 is 17.3 Å². The molecule has 0 spiro atoms. The summed E-state index contributed by atoms with van der Waals surface area (Å²) < 4.78 is 1.32. The Morgan fingerprint density at radius 3 is 2.41 bits per heavy atom. The van der Waals surface area contributed by atoms with Crippen molar-refractivity contribution < 1.29 is 4.79 Å². The minimum atomic E-state index is -0.122. The van der Waals surface area contributed by atoms with Gasteiger partial charge in [-0.05, 0) is 31.9 Å². The molecule has 0 radical (unpaired) electrons. The highest BCUT2D eigenvalue weighted by molar-refractivity contribution is 5.80. The second kappa shape index (κ2) is 8.27. The molecular weight excluding hydrogens is 366 g/mol. The summed E-state index contributed by atoms with van der Waals surface area (Å²) in [5.41, 5.74) is 3.18. The molecule has 1 aromatic carbocycles. The number of piperazine rings is 1. The molecule has 2 aliphatic rings. The van der Waals surface area contributed by atoms with E-state index in [1.807, 2.05) is 4.90 Å². The topological polar surface area (TPSA) is 61.7 Å². The lowest BCUT2D eigenvalue weighted by molar-refractivity contribution is -0.136. The highest BCUT2D eigenvalue weighted by Gasteiger charge is 2.31. The number of hydrogen-bond acceptors (Lipinski definition) is 5. The third-order valence-corrected chi connectivity index (χ3v) is 6.08. The molecule has 2 saturated heterocycles. The molecule has 1 aromatic heterocycles. The van der Waals surface area contributed by atoms with Crippen molar-refractivity contribution in [2.24, 2.45) is 13.0 Å². The summed E-state index contributed by atoms with van der Waals surface area (Å²) in [4.78, 5) is 31.5. The summed E-state index contributed by atoms with van der Waals surface area (Å²) >= 11 is 0. The van der Waals surface area contributed by atoms with Crippen LogP contribution < -0.4 is 15.4 Å². The average Bonchev–Trinajstić information content (AvgIpc) is 2.76. The molecule has 7 heteroatoms. The predicted molar refractivity (Wildman–Crippen MR) is 114 cm³/mol. The number of carbonyl (C=O) groups is 1. The number of piperidine rings is 1. The van der Waals surface area contributed by atoms with Gasteiger partial charge in [-0.1, -0.05) is 17.7 Å². The lowest BCUT2D eigenvalue weighted by atomic mass is 9.96. The molecule has 1 unspecified atom stereocenters. The van der Waals surface area contributed by atoms with Crippen LogP contribution in [0.1, 0.15) is 18.4 Å². The van der Waals surface area contributed by atoms with Gasteiger partial charge in [-0.15, -0.1) is 0 Å². The van der Waals surface area contributed by atoms with Crippen LogP contribution in [0, 0.1) is 12.8 Å². The van der Waals surface area contributed by atoms with E-state index >= 15 is 0 Å². The van der Waals surface area contributed by atoms with Gasteiger partial charge < -0.3 is 14.7 Å². The minimum absolute atomic E-state index is 0.0151. The summed E-state index contributed by atoms with van der Waals surface area (Å²) in [7, 11) is 1.64. The Hall–Kier alpha value is -2.83. The number of hydrogen-bond donors (Lipinski definition) is 0. The van der Waals surface area contributed by atoms with E-state index in [4.69, 9.17) is 0 Å². The first-order valence-corrected chi connectivity index (χ1v) is 10.4. The van der Waals surface area contributed by atoms with Crippen LogP contribution in [0.15, 0.2) is 41.3 Å². The van der Waals surface area contributed by atoms with Gasteiger partial charge in [0.15, 0.2) is 0 Å². The molecule has 0 saturated carbocycles. The normalized spacial score (nSPS) is 20.1. The zero-order valence-electron chi connectivity index (χ0n) is 17.3. The smallest absolute Gasteiger partial charge is 0.268 e. The number of amides is 1. The van der Waals surface area contributed by atoms with E-state index < -0.39 is 0 Å². The van der Waals surface area contributed by atoms with Crippen LogP contribution >= 0.6 is 0 Å². The van der Waals surface area contributed by atoms with Gasteiger partial charge in [0.05, 0.1) is 17.8 Å². The number of aryl methyl sites for hydroxylation is 2. The summed E-state index contributed by atoms with van der Waals surface area (Å²) in [5, 5.41) is 4.12. The highest BCUT2D eigenvalue weighted by atomic mass is 16.2. The van der Waals surface area contributed by atoms with Crippen molar-refractivity contribution in [1.82, 2.24) is 14.7 Å². The molecule has 1 atom stereocenters. The van der Waals surface area contributed by atoms with Gasteiger partial charge in [0.1, 0.15) is 0 Å². The molecule has 3 heterocycles. The number of aromatic nitrogens is 2. The van der Waals surface area contributed by atoms with E-state index in [0.29, 0.717) is 6.54 Å². The Morgan fingerprint density at radius 1 is 1.00 bits per heavy atom.